The highest BCUT2D eigenvalue weighted by Crippen LogP contribution is 2.31. The fourth-order valence-corrected chi connectivity index (χ4v) is 4.50. The predicted octanol–water partition coefficient (Wildman–Crippen LogP) is 3.00. The van der Waals surface area contributed by atoms with E-state index in [9.17, 15) is 14.7 Å². The van der Waals surface area contributed by atoms with Gasteiger partial charge in [-0.1, -0.05) is 19.9 Å². The van der Waals surface area contributed by atoms with Gasteiger partial charge in [0, 0.05) is 10.6 Å². The van der Waals surface area contributed by atoms with Crippen LogP contribution in [-0.2, 0) is 4.79 Å². The number of nitrogens with one attached hydrogen (secondary N) is 1. The number of thiophene rings is 1. The zero-order valence-electron chi connectivity index (χ0n) is 12.3. The molecule has 7 heteroatoms. The van der Waals surface area contributed by atoms with Crippen LogP contribution in [0.2, 0.25) is 0 Å². The molecule has 0 aliphatic carbocycles. The quantitative estimate of drug-likeness (QED) is 0.891. The molecule has 2 N–H and O–H groups in total. The van der Waals surface area contributed by atoms with Gasteiger partial charge in [0.1, 0.15) is 6.04 Å². The summed E-state index contributed by atoms with van der Waals surface area (Å²) in [6, 6.07) is 2.81. The number of carboxylic acid groups (broad SMARTS) is 1. The van der Waals surface area contributed by atoms with Gasteiger partial charge in [0.05, 0.1) is 11.4 Å². The Morgan fingerprint density at radius 2 is 2.19 bits per heavy atom. The van der Waals surface area contributed by atoms with Gasteiger partial charge in [0.15, 0.2) is 0 Å². The van der Waals surface area contributed by atoms with Gasteiger partial charge in [-0.2, -0.15) is 0 Å². The van der Waals surface area contributed by atoms with Crippen molar-refractivity contribution in [2.45, 2.75) is 38.2 Å². The molecular weight excluding hydrogens is 308 g/mol. The van der Waals surface area contributed by atoms with E-state index in [0.29, 0.717) is 5.75 Å². The van der Waals surface area contributed by atoms with Crippen molar-refractivity contribution in [1.82, 2.24) is 10.2 Å². The maximum absolute atomic E-state index is 12.5. The van der Waals surface area contributed by atoms with Gasteiger partial charge >= 0.3 is 12.0 Å². The summed E-state index contributed by atoms with van der Waals surface area (Å²) in [5, 5.41) is 14.1. The Hall–Kier alpha value is -1.21. The van der Waals surface area contributed by atoms with Crippen LogP contribution >= 0.6 is 23.1 Å². The SMILES string of the molecule is CC(C)C(NC(=O)N1C(C)SCC1C(=O)O)c1cccs1. The minimum atomic E-state index is -0.945. The molecule has 5 nitrogen and oxygen atoms in total. The fourth-order valence-electron chi connectivity index (χ4n) is 2.38. The number of carboxylic acids is 1. The van der Waals surface area contributed by atoms with Crippen molar-refractivity contribution in [3.05, 3.63) is 22.4 Å². The first-order valence-electron chi connectivity index (χ1n) is 6.88. The Morgan fingerprint density at radius 3 is 2.71 bits per heavy atom. The molecule has 1 aliphatic rings. The van der Waals surface area contributed by atoms with Crippen molar-refractivity contribution in [2.75, 3.05) is 5.75 Å². The van der Waals surface area contributed by atoms with Gasteiger partial charge in [0.2, 0.25) is 0 Å². The van der Waals surface area contributed by atoms with E-state index in [1.165, 1.54) is 16.7 Å². The van der Waals surface area contributed by atoms with Crippen molar-refractivity contribution in [3.63, 3.8) is 0 Å². The summed E-state index contributed by atoms with van der Waals surface area (Å²) in [5.74, 6) is -0.268. The summed E-state index contributed by atoms with van der Waals surface area (Å²) < 4.78 is 0. The van der Waals surface area contributed by atoms with E-state index in [2.05, 4.69) is 5.32 Å². The van der Waals surface area contributed by atoms with Crippen LogP contribution < -0.4 is 5.32 Å². The van der Waals surface area contributed by atoms with Crippen LogP contribution in [0.3, 0.4) is 0 Å². The molecule has 0 aromatic carbocycles. The topological polar surface area (TPSA) is 69.6 Å². The Balaban J connectivity index is 2.13. The third-order valence-corrected chi connectivity index (χ3v) is 5.71. The van der Waals surface area contributed by atoms with E-state index in [0.717, 1.165) is 4.88 Å². The fraction of sp³-hybridized carbons (Fsp3) is 0.571. The molecule has 3 unspecified atom stereocenters. The zero-order valence-corrected chi connectivity index (χ0v) is 13.9. The van der Waals surface area contributed by atoms with Crippen LogP contribution in [0.1, 0.15) is 31.7 Å². The number of hydrogen-bond acceptors (Lipinski definition) is 4. The van der Waals surface area contributed by atoms with Crippen molar-refractivity contribution in [1.29, 1.82) is 0 Å². The molecule has 1 saturated heterocycles. The van der Waals surface area contributed by atoms with Crippen molar-refractivity contribution in [3.8, 4) is 0 Å². The van der Waals surface area contributed by atoms with Crippen LogP contribution in [0.4, 0.5) is 4.79 Å². The number of carbonyl (C=O) groups is 2. The maximum atomic E-state index is 12.5. The largest absolute Gasteiger partial charge is 0.480 e. The van der Waals surface area contributed by atoms with Crippen LogP contribution in [0.5, 0.6) is 0 Å². The normalized spacial score (nSPS) is 23.3. The summed E-state index contributed by atoms with van der Waals surface area (Å²) in [6.07, 6.45) is 0. The first-order valence-corrected chi connectivity index (χ1v) is 8.81. The molecule has 3 atom stereocenters. The Morgan fingerprint density at radius 1 is 1.48 bits per heavy atom. The van der Waals surface area contributed by atoms with Gasteiger partial charge in [-0.3, -0.25) is 4.90 Å². The molecule has 0 bridgehead atoms. The third-order valence-electron chi connectivity index (χ3n) is 3.54. The highest BCUT2D eigenvalue weighted by molar-refractivity contribution is 8.00. The summed E-state index contributed by atoms with van der Waals surface area (Å²) in [6.45, 7) is 5.95. The Labute approximate surface area is 132 Å². The molecular formula is C14H20N2O3S2. The Kier molecular flexibility index (Phi) is 5.16. The number of urea groups is 1. The highest BCUT2D eigenvalue weighted by Gasteiger charge is 2.40. The highest BCUT2D eigenvalue weighted by atomic mass is 32.2. The number of nitrogens with zero attached hydrogens (tertiary/aromatic N) is 1. The van der Waals surface area contributed by atoms with E-state index in [-0.39, 0.29) is 23.4 Å². The van der Waals surface area contributed by atoms with E-state index in [1.807, 2.05) is 38.3 Å². The van der Waals surface area contributed by atoms with Crippen molar-refractivity contribution >= 4 is 35.1 Å². The average molecular weight is 328 g/mol. The molecule has 0 radical (unpaired) electrons. The van der Waals surface area contributed by atoms with E-state index in [4.69, 9.17) is 0 Å². The first kappa shape index (κ1) is 16.2. The number of carbonyl (C=O) groups excluding carboxylic acids is 1. The standard InChI is InChI=1S/C14H20N2O3S2/c1-8(2)12(11-5-4-6-20-11)15-14(19)16-9(3)21-7-10(16)13(17)18/h4-6,8-10,12H,7H2,1-3H3,(H,15,19)(H,17,18). The van der Waals surface area contributed by atoms with Crippen molar-refractivity contribution in [2.24, 2.45) is 5.92 Å². The zero-order chi connectivity index (χ0) is 15.6. The second kappa shape index (κ2) is 6.70. The van der Waals surface area contributed by atoms with Gasteiger partial charge in [-0.15, -0.1) is 23.1 Å². The number of hydrogen-bond donors (Lipinski definition) is 2. The molecule has 2 rings (SSSR count). The van der Waals surface area contributed by atoms with Crippen molar-refractivity contribution < 1.29 is 14.7 Å². The van der Waals surface area contributed by atoms with E-state index >= 15 is 0 Å². The molecule has 1 aliphatic heterocycles. The van der Waals surface area contributed by atoms with E-state index in [1.54, 1.807) is 11.3 Å². The molecule has 0 saturated carbocycles. The first-order chi connectivity index (χ1) is 9.91. The third kappa shape index (κ3) is 3.52. The lowest BCUT2D eigenvalue weighted by Gasteiger charge is -2.29. The van der Waals surface area contributed by atoms with Crippen LogP contribution in [0.25, 0.3) is 0 Å². The minimum absolute atomic E-state index is 0.0928. The summed E-state index contributed by atoms with van der Waals surface area (Å²) >= 11 is 3.09. The second-order valence-electron chi connectivity index (χ2n) is 5.38. The molecule has 2 amide bonds. The van der Waals surface area contributed by atoms with Crippen LogP contribution in [-0.4, -0.2) is 39.2 Å². The predicted molar refractivity (Wildman–Crippen MR) is 85.6 cm³/mol. The summed E-state index contributed by atoms with van der Waals surface area (Å²) in [5.41, 5.74) is 0. The average Bonchev–Trinajstić information content (AvgIpc) is 3.04. The summed E-state index contributed by atoms with van der Waals surface area (Å²) in [4.78, 5) is 26.3. The summed E-state index contributed by atoms with van der Waals surface area (Å²) in [7, 11) is 0. The number of thioether (sulfide) groups is 1. The molecule has 1 aromatic rings. The van der Waals surface area contributed by atoms with Gasteiger partial charge in [-0.05, 0) is 24.3 Å². The monoisotopic (exact) mass is 328 g/mol. The lowest BCUT2D eigenvalue weighted by atomic mass is 10.0. The maximum Gasteiger partial charge on any atom is 0.327 e. The van der Waals surface area contributed by atoms with Gasteiger partial charge in [0.25, 0.3) is 0 Å². The molecule has 2 heterocycles. The molecule has 1 aromatic heterocycles. The van der Waals surface area contributed by atoms with Crippen LogP contribution in [0, 0.1) is 5.92 Å². The second-order valence-corrected chi connectivity index (χ2v) is 7.71. The molecule has 116 valence electrons. The molecule has 21 heavy (non-hydrogen) atoms. The molecule has 0 spiro atoms. The minimum Gasteiger partial charge on any atom is -0.480 e. The number of aliphatic carboxylic acids is 1. The van der Waals surface area contributed by atoms with Gasteiger partial charge < -0.3 is 10.4 Å². The van der Waals surface area contributed by atoms with E-state index < -0.39 is 12.0 Å². The van der Waals surface area contributed by atoms with Crippen LogP contribution in [0.15, 0.2) is 17.5 Å². The number of rotatable bonds is 4. The lowest BCUT2D eigenvalue weighted by molar-refractivity contribution is -0.141. The van der Waals surface area contributed by atoms with Gasteiger partial charge in [-0.25, -0.2) is 9.59 Å². The lowest BCUT2D eigenvalue weighted by Crippen LogP contribution is -2.50. The molecule has 1 fully saturated rings. The number of amides is 2. The smallest absolute Gasteiger partial charge is 0.327 e. The Bertz CT molecular complexity index is 504.